The number of amides is 1. The van der Waals surface area contributed by atoms with Crippen molar-refractivity contribution in [1.29, 1.82) is 0 Å². The van der Waals surface area contributed by atoms with E-state index in [1.54, 1.807) is 0 Å². The number of anilines is 2. The van der Waals surface area contributed by atoms with Crippen molar-refractivity contribution in [3.05, 3.63) is 24.3 Å². The number of para-hydroxylation sites is 1. The molecule has 0 fully saturated rings. The Balaban J connectivity index is 2.09. The molecular weight excluding hydrogens is 268 g/mol. The monoisotopic (exact) mass is 288 g/mol. The fourth-order valence-electron chi connectivity index (χ4n) is 1.96. The highest BCUT2D eigenvalue weighted by atomic mass is 16.1. The zero-order valence-electron chi connectivity index (χ0n) is 12.2. The van der Waals surface area contributed by atoms with Gasteiger partial charge in [0.05, 0.1) is 5.52 Å². The van der Waals surface area contributed by atoms with Crippen LogP contribution >= 0.6 is 0 Å². The van der Waals surface area contributed by atoms with Gasteiger partial charge >= 0.3 is 0 Å². The second kappa shape index (κ2) is 6.85. The molecule has 7 heteroatoms. The van der Waals surface area contributed by atoms with Crippen LogP contribution in [0, 0.1) is 0 Å². The molecule has 0 saturated heterocycles. The number of nitrogens with two attached hydrogens (primary N) is 1. The predicted octanol–water partition coefficient (Wildman–Crippen LogP) is 1.24. The second-order valence-corrected chi connectivity index (χ2v) is 4.96. The molecule has 5 N–H and O–H groups in total. The molecule has 1 heterocycles. The maximum absolute atomic E-state index is 11.6. The van der Waals surface area contributed by atoms with Gasteiger partial charge in [-0.1, -0.05) is 12.1 Å². The molecule has 0 aliphatic carbocycles. The third-order valence-electron chi connectivity index (χ3n) is 2.83. The zero-order valence-corrected chi connectivity index (χ0v) is 12.2. The fourth-order valence-corrected chi connectivity index (χ4v) is 1.96. The number of fused-ring (bicyclic) bond motifs is 1. The van der Waals surface area contributed by atoms with E-state index < -0.39 is 0 Å². The molecule has 2 aromatic rings. The van der Waals surface area contributed by atoms with Crippen LogP contribution < -0.4 is 21.9 Å². The van der Waals surface area contributed by atoms with Gasteiger partial charge in [0.2, 0.25) is 11.9 Å². The van der Waals surface area contributed by atoms with Gasteiger partial charge in [-0.3, -0.25) is 10.2 Å². The maximum Gasteiger partial charge on any atom is 0.239 e. The molecule has 0 atom stereocenters. The standard InChI is InChI=1S/C14H20N6O/c1-9(2)17-12(21)7-8-16-13-10-5-3-4-6-11(10)18-14(19-13)20-15/h3-6,9H,7-8,15H2,1-2H3,(H,17,21)(H2,16,18,19,20). The summed E-state index contributed by atoms with van der Waals surface area (Å²) in [4.78, 5) is 20.2. The molecule has 1 aromatic heterocycles. The number of nitrogens with zero attached hydrogens (tertiary/aromatic N) is 2. The molecule has 1 amide bonds. The number of carbonyl (C=O) groups is 1. The van der Waals surface area contributed by atoms with Crippen molar-refractivity contribution in [3.8, 4) is 0 Å². The summed E-state index contributed by atoms with van der Waals surface area (Å²) >= 11 is 0. The maximum atomic E-state index is 11.6. The van der Waals surface area contributed by atoms with Crippen LogP contribution in [0.3, 0.4) is 0 Å². The minimum atomic E-state index is 0.00744. The van der Waals surface area contributed by atoms with Gasteiger partial charge < -0.3 is 10.6 Å². The lowest BCUT2D eigenvalue weighted by Gasteiger charge is -2.11. The number of benzene rings is 1. The van der Waals surface area contributed by atoms with Gasteiger partial charge in [-0.25, -0.2) is 10.8 Å². The van der Waals surface area contributed by atoms with E-state index in [-0.39, 0.29) is 11.9 Å². The number of nitrogens with one attached hydrogen (secondary N) is 3. The first-order chi connectivity index (χ1) is 10.1. The Bertz CT molecular complexity index is 628. The Kier molecular flexibility index (Phi) is 4.89. The third-order valence-corrected chi connectivity index (χ3v) is 2.83. The summed E-state index contributed by atoms with van der Waals surface area (Å²) in [6.45, 7) is 4.36. The average Bonchev–Trinajstić information content (AvgIpc) is 2.46. The molecule has 0 bridgehead atoms. The Hall–Kier alpha value is -2.41. The minimum absolute atomic E-state index is 0.00744. The number of hydrogen-bond donors (Lipinski definition) is 4. The van der Waals surface area contributed by atoms with Crippen LogP contribution in [0.25, 0.3) is 10.9 Å². The molecule has 0 spiro atoms. The van der Waals surface area contributed by atoms with Crippen LogP contribution in [0.2, 0.25) is 0 Å². The van der Waals surface area contributed by atoms with E-state index in [9.17, 15) is 4.79 Å². The van der Waals surface area contributed by atoms with E-state index in [2.05, 4.69) is 26.0 Å². The number of nitrogen functional groups attached to an aromatic ring is 1. The normalized spacial score (nSPS) is 10.7. The van der Waals surface area contributed by atoms with Crippen molar-refractivity contribution in [3.63, 3.8) is 0 Å². The van der Waals surface area contributed by atoms with Crippen molar-refractivity contribution in [2.45, 2.75) is 26.3 Å². The Labute approximate surface area is 123 Å². The van der Waals surface area contributed by atoms with E-state index in [1.807, 2.05) is 38.1 Å². The largest absolute Gasteiger partial charge is 0.369 e. The van der Waals surface area contributed by atoms with Gasteiger partial charge in [-0.2, -0.15) is 4.98 Å². The van der Waals surface area contributed by atoms with Gasteiger partial charge in [0.25, 0.3) is 0 Å². The lowest BCUT2D eigenvalue weighted by Crippen LogP contribution is -2.31. The molecule has 0 saturated carbocycles. The Morgan fingerprint density at radius 1 is 1.29 bits per heavy atom. The number of carbonyl (C=O) groups excluding carboxylic acids is 1. The summed E-state index contributed by atoms with van der Waals surface area (Å²) in [6, 6.07) is 7.76. The van der Waals surface area contributed by atoms with Crippen LogP contribution in [0.1, 0.15) is 20.3 Å². The highest BCUT2D eigenvalue weighted by molar-refractivity contribution is 5.90. The second-order valence-electron chi connectivity index (χ2n) is 4.96. The first kappa shape index (κ1) is 15.0. The molecule has 0 aliphatic rings. The minimum Gasteiger partial charge on any atom is -0.369 e. The van der Waals surface area contributed by atoms with Crippen molar-refractivity contribution in [2.24, 2.45) is 5.84 Å². The molecule has 2 rings (SSSR count). The van der Waals surface area contributed by atoms with Crippen LogP contribution in [-0.2, 0) is 4.79 Å². The summed E-state index contributed by atoms with van der Waals surface area (Å²) in [5.74, 6) is 6.38. The summed E-state index contributed by atoms with van der Waals surface area (Å²) < 4.78 is 0. The van der Waals surface area contributed by atoms with Crippen molar-refractivity contribution < 1.29 is 4.79 Å². The van der Waals surface area contributed by atoms with Crippen LogP contribution in [0.4, 0.5) is 11.8 Å². The molecule has 112 valence electrons. The lowest BCUT2D eigenvalue weighted by atomic mass is 10.2. The Morgan fingerprint density at radius 2 is 2.05 bits per heavy atom. The van der Waals surface area contributed by atoms with Crippen molar-refractivity contribution in [1.82, 2.24) is 15.3 Å². The molecule has 1 aromatic carbocycles. The van der Waals surface area contributed by atoms with E-state index in [1.165, 1.54) is 0 Å². The molecule has 0 radical (unpaired) electrons. The quantitative estimate of drug-likeness (QED) is 0.471. The average molecular weight is 288 g/mol. The molecule has 7 nitrogen and oxygen atoms in total. The first-order valence-corrected chi connectivity index (χ1v) is 6.87. The van der Waals surface area contributed by atoms with Crippen LogP contribution in [0.15, 0.2) is 24.3 Å². The summed E-state index contributed by atoms with van der Waals surface area (Å²) in [5, 5.41) is 6.89. The predicted molar refractivity (Wildman–Crippen MR) is 83.7 cm³/mol. The van der Waals surface area contributed by atoms with Crippen molar-refractivity contribution >= 4 is 28.6 Å². The van der Waals surface area contributed by atoms with E-state index in [4.69, 9.17) is 5.84 Å². The highest BCUT2D eigenvalue weighted by Crippen LogP contribution is 2.21. The van der Waals surface area contributed by atoms with Crippen LogP contribution in [0.5, 0.6) is 0 Å². The number of hydrazine groups is 1. The lowest BCUT2D eigenvalue weighted by molar-refractivity contribution is -0.121. The molecule has 21 heavy (non-hydrogen) atoms. The summed E-state index contributed by atoms with van der Waals surface area (Å²) in [7, 11) is 0. The molecule has 0 unspecified atom stereocenters. The van der Waals surface area contributed by atoms with Gasteiger partial charge in [-0.15, -0.1) is 0 Å². The van der Waals surface area contributed by atoms with Gasteiger partial charge in [-0.05, 0) is 26.0 Å². The van der Waals surface area contributed by atoms with E-state index in [0.717, 1.165) is 10.9 Å². The highest BCUT2D eigenvalue weighted by Gasteiger charge is 2.08. The Morgan fingerprint density at radius 3 is 2.76 bits per heavy atom. The molecule has 0 aliphatic heterocycles. The molecular formula is C14H20N6O. The van der Waals surface area contributed by atoms with E-state index in [0.29, 0.717) is 24.7 Å². The van der Waals surface area contributed by atoms with Gasteiger partial charge in [0.1, 0.15) is 5.82 Å². The number of rotatable bonds is 6. The SMILES string of the molecule is CC(C)NC(=O)CCNc1nc(NN)nc2ccccc12. The smallest absolute Gasteiger partial charge is 0.239 e. The van der Waals surface area contributed by atoms with E-state index >= 15 is 0 Å². The summed E-state index contributed by atoms with van der Waals surface area (Å²) in [5.41, 5.74) is 3.23. The number of aromatic nitrogens is 2. The topological polar surface area (TPSA) is 105 Å². The van der Waals surface area contributed by atoms with Crippen LogP contribution in [-0.4, -0.2) is 28.5 Å². The first-order valence-electron chi connectivity index (χ1n) is 6.87. The summed E-state index contributed by atoms with van der Waals surface area (Å²) in [6.07, 6.45) is 0.377. The van der Waals surface area contributed by atoms with Gasteiger partial charge in [0.15, 0.2) is 0 Å². The van der Waals surface area contributed by atoms with Crippen molar-refractivity contribution in [2.75, 3.05) is 17.3 Å². The fraction of sp³-hybridized carbons (Fsp3) is 0.357. The zero-order chi connectivity index (χ0) is 15.2. The third kappa shape index (κ3) is 4.03. The van der Waals surface area contributed by atoms with Gasteiger partial charge in [0, 0.05) is 24.4 Å². The number of hydrogen-bond acceptors (Lipinski definition) is 6.